The van der Waals surface area contributed by atoms with Crippen molar-refractivity contribution in [2.45, 2.75) is 46.1 Å². The van der Waals surface area contributed by atoms with Gasteiger partial charge < -0.3 is 9.73 Å². The van der Waals surface area contributed by atoms with Gasteiger partial charge in [0.25, 0.3) is 0 Å². The minimum atomic E-state index is 0.167. The lowest BCUT2D eigenvalue weighted by Gasteiger charge is -2.19. The predicted octanol–water partition coefficient (Wildman–Crippen LogP) is 3.43. The van der Waals surface area contributed by atoms with E-state index in [0.717, 1.165) is 41.7 Å². The molecule has 0 saturated carbocycles. The van der Waals surface area contributed by atoms with Crippen molar-refractivity contribution in [1.29, 1.82) is 0 Å². The highest BCUT2D eigenvalue weighted by Gasteiger charge is 2.10. The van der Waals surface area contributed by atoms with Crippen LogP contribution in [-0.2, 0) is 6.42 Å². The second-order valence-corrected chi connectivity index (χ2v) is 6.71. The molecule has 2 heterocycles. The SMILES string of the molecule is Cc1nc(-c2cnc(CCCNC(C)(C)C)o2)cs1. The van der Waals surface area contributed by atoms with E-state index in [1.54, 1.807) is 17.5 Å². The zero-order chi connectivity index (χ0) is 13.9. The Morgan fingerprint density at radius 1 is 1.37 bits per heavy atom. The van der Waals surface area contributed by atoms with Crippen molar-refractivity contribution in [3.05, 3.63) is 22.5 Å². The Balaban J connectivity index is 1.85. The summed E-state index contributed by atoms with van der Waals surface area (Å²) in [6, 6.07) is 0. The van der Waals surface area contributed by atoms with E-state index in [2.05, 4.69) is 36.1 Å². The van der Waals surface area contributed by atoms with Crippen LogP contribution in [0.1, 0.15) is 38.1 Å². The third-order valence-corrected chi connectivity index (χ3v) is 3.42. The molecule has 0 amide bonds. The van der Waals surface area contributed by atoms with Gasteiger partial charge in [0.15, 0.2) is 11.7 Å². The molecule has 4 nitrogen and oxygen atoms in total. The van der Waals surface area contributed by atoms with Crippen LogP contribution in [0.2, 0.25) is 0 Å². The molecule has 0 saturated heterocycles. The molecule has 0 aliphatic heterocycles. The molecule has 0 spiro atoms. The molecular weight excluding hydrogens is 258 g/mol. The number of nitrogens with one attached hydrogen (secondary N) is 1. The topological polar surface area (TPSA) is 51.0 Å². The Bertz CT molecular complexity index is 525. The monoisotopic (exact) mass is 279 g/mol. The molecule has 0 bridgehead atoms. The Morgan fingerprint density at radius 2 is 2.16 bits per heavy atom. The molecule has 5 heteroatoms. The van der Waals surface area contributed by atoms with Crippen LogP contribution in [0.15, 0.2) is 16.0 Å². The summed E-state index contributed by atoms with van der Waals surface area (Å²) in [7, 11) is 0. The van der Waals surface area contributed by atoms with Crippen molar-refractivity contribution >= 4 is 11.3 Å². The second kappa shape index (κ2) is 5.84. The summed E-state index contributed by atoms with van der Waals surface area (Å²) in [5.41, 5.74) is 1.05. The summed E-state index contributed by atoms with van der Waals surface area (Å²) in [5.74, 6) is 1.56. The lowest BCUT2D eigenvalue weighted by atomic mass is 10.1. The van der Waals surface area contributed by atoms with Crippen LogP contribution in [-0.4, -0.2) is 22.1 Å². The van der Waals surface area contributed by atoms with Gasteiger partial charge in [-0.05, 0) is 40.7 Å². The summed E-state index contributed by atoms with van der Waals surface area (Å²) in [6.45, 7) is 9.46. The summed E-state index contributed by atoms with van der Waals surface area (Å²) in [5, 5.41) is 6.50. The van der Waals surface area contributed by atoms with Crippen LogP contribution in [0.25, 0.3) is 11.5 Å². The number of aryl methyl sites for hydroxylation is 2. The van der Waals surface area contributed by atoms with E-state index in [-0.39, 0.29) is 5.54 Å². The first-order valence-electron chi connectivity index (χ1n) is 6.56. The number of thiazole rings is 1. The first-order chi connectivity index (χ1) is 8.94. The van der Waals surface area contributed by atoms with E-state index in [1.165, 1.54) is 0 Å². The van der Waals surface area contributed by atoms with Gasteiger partial charge in [0.2, 0.25) is 0 Å². The lowest BCUT2D eigenvalue weighted by Crippen LogP contribution is -2.36. The smallest absolute Gasteiger partial charge is 0.195 e. The summed E-state index contributed by atoms with van der Waals surface area (Å²) in [6.07, 6.45) is 3.64. The fourth-order valence-corrected chi connectivity index (χ4v) is 2.33. The van der Waals surface area contributed by atoms with Crippen molar-refractivity contribution in [3.63, 3.8) is 0 Å². The summed E-state index contributed by atoms with van der Waals surface area (Å²) in [4.78, 5) is 8.70. The van der Waals surface area contributed by atoms with Crippen LogP contribution in [0.5, 0.6) is 0 Å². The summed E-state index contributed by atoms with van der Waals surface area (Å²) < 4.78 is 5.72. The van der Waals surface area contributed by atoms with E-state index in [9.17, 15) is 0 Å². The molecular formula is C14H21N3OS. The van der Waals surface area contributed by atoms with Gasteiger partial charge in [-0.15, -0.1) is 11.3 Å². The first-order valence-corrected chi connectivity index (χ1v) is 7.44. The third kappa shape index (κ3) is 4.44. The molecule has 1 N–H and O–H groups in total. The van der Waals surface area contributed by atoms with Gasteiger partial charge in [-0.1, -0.05) is 0 Å². The van der Waals surface area contributed by atoms with Crippen molar-refractivity contribution in [3.8, 4) is 11.5 Å². The molecule has 0 aliphatic carbocycles. The zero-order valence-corrected chi connectivity index (χ0v) is 12.8. The number of nitrogens with zero attached hydrogens (tertiary/aromatic N) is 2. The quantitative estimate of drug-likeness (QED) is 0.852. The molecule has 0 atom stereocenters. The molecule has 19 heavy (non-hydrogen) atoms. The highest BCUT2D eigenvalue weighted by atomic mass is 32.1. The molecule has 0 aliphatic rings. The fourth-order valence-electron chi connectivity index (χ4n) is 1.72. The molecule has 2 aromatic heterocycles. The number of rotatable bonds is 5. The van der Waals surface area contributed by atoms with E-state index in [1.807, 2.05) is 12.3 Å². The minimum absolute atomic E-state index is 0.167. The third-order valence-electron chi connectivity index (χ3n) is 2.65. The van der Waals surface area contributed by atoms with Gasteiger partial charge >= 0.3 is 0 Å². The van der Waals surface area contributed by atoms with Crippen LogP contribution in [0, 0.1) is 6.92 Å². The van der Waals surface area contributed by atoms with E-state index in [4.69, 9.17) is 4.42 Å². The van der Waals surface area contributed by atoms with E-state index in [0.29, 0.717) is 0 Å². The average molecular weight is 279 g/mol. The summed E-state index contributed by atoms with van der Waals surface area (Å²) >= 11 is 1.62. The highest BCUT2D eigenvalue weighted by molar-refractivity contribution is 7.09. The average Bonchev–Trinajstić information content (AvgIpc) is 2.92. The highest BCUT2D eigenvalue weighted by Crippen LogP contribution is 2.22. The van der Waals surface area contributed by atoms with Gasteiger partial charge in [0, 0.05) is 17.3 Å². The molecule has 0 fully saturated rings. The molecule has 104 valence electrons. The van der Waals surface area contributed by atoms with Crippen LogP contribution < -0.4 is 5.32 Å². The van der Waals surface area contributed by atoms with Crippen molar-refractivity contribution in [2.75, 3.05) is 6.54 Å². The van der Waals surface area contributed by atoms with Crippen molar-refractivity contribution in [1.82, 2.24) is 15.3 Å². The van der Waals surface area contributed by atoms with Gasteiger partial charge in [-0.25, -0.2) is 9.97 Å². The van der Waals surface area contributed by atoms with Gasteiger partial charge in [0.05, 0.1) is 11.2 Å². The molecule has 0 aromatic carbocycles. The van der Waals surface area contributed by atoms with Gasteiger partial charge in [-0.3, -0.25) is 0 Å². The molecule has 2 aromatic rings. The Kier molecular flexibility index (Phi) is 4.37. The standard InChI is InChI=1S/C14H21N3OS/c1-10-17-11(9-19-10)12-8-15-13(18-12)6-5-7-16-14(2,3)4/h8-9,16H,5-7H2,1-4H3. The maximum atomic E-state index is 5.72. The van der Waals surface area contributed by atoms with Crippen LogP contribution in [0.3, 0.4) is 0 Å². The second-order valence-electron chi connectivity index (χ2n) is 5.65. The van der Waals surface area contributed by atoms with Gasteiger partial charge in [0.1, 0.15) is 5.69 Å². The van der Waals surface area contributed by atoms with E-state index < -0.39 is 0 Å². The lowest BCUT2D eigenvalue weighted by molar-refractivity contribution is 0.412. The Morgan fingerprint density at radius 3 is 2.79 bits per heavy atom. The molecule has 0 unspecified atom stereocenters. The molecule has 0 radical (unpaired) electrons. The first kappa shape index (κ1) is 14.2. The number of hydrogen-bond acceptors (Lipinski definition) is 5. The van der Waals surface area contributed by atoms with Crippen molar-refractivity contribution in [2.24, 2.45) is 0 Å². The van der Waals surface area contributed by atoms with Crippen molar-refractivity contribution < 1.29 is 4.42 Å². The zero-order valence-electron chi connectivity index (χ0n) is 12.0. The predicted molar refractivity (Wildman–Crippen MR) is 78.4 cm³/mol. The largest absolute Gasteiger partial charge is 0.439 e. The van der Waals surface area contributed by atoms with Crippen LogP contribution >= 0.6 is 11.3 Å². The maximum Gasteiger partial charge on any atom is 0.195 e. The van der Waals surface area contributed by atoms with Gasteiger partial charge in [-0.2, -0.15) is 0 Å². The Labute approximate surface area is 118 Å². The number of aromatic nitrogens is 2. The fraction of sp³-hybridized carbons (Fsp3) is 0.571. The van der Waals surface area contributed by atoms with E-state index >= 15 is 0 Å². The number of oxazole rings is 1. The molecule has 2 rings (SSSR count). The Hall–Kier alpha value is -1.20. The normalized spacial score (nSPS) is 12.0. The maximum absolute atomic E-state index is 5.72. The number of hydrogen-bond donors (Lipinski definition) is 1. The van der Waals surface area contributed by atoms with Crippen LogP contribution in [0.4, 0.5) is 0 Å². The minimum Gasteiger partial charge on any atom is -0.439 e.